The molecule has 3 nitrogen and oxygen atoms in total. The normalized spacial score (nSPS) is 10.5. The molecule has 0 saturated heterocycles. The standard InChI is InChI=1S/C10H15N3.ClH/c1-10(2,3)7-5-4-6-13-8(7)9(11)12;/h4-6H,1-3H3,(H3,11,12);1H. The number of halogens is 1. The second-order valence-electron chi connectivity index (χ2n) is 4.06. The van der Waals surface area contributed by atoms with Crippen LogP contribution in [0.15, 0.2) is 18.3 Å². The van der Waals surface area contributed by atoms with E-state index in [0.717, 1.165) is 5.56 Å². The summed E-state index contributed by atoms with van der Waals surface area (Å²) in [6.07, 6.45) is 1.66. The van der Waals surface area contributed by atoms with Gasteiger partial charge in [-0.3, -0.25) is 10.4 Å². The lowest BCUT2D eigenvalue weighted by atomic mass is 9.85. The number of nitrogens with zero attached hydrogens (tertiary/aromatic N) is 1. The van der Waals surface area contributed by atoms with Crippen LogP contribution in [0.2, 0.25) is 0 Å². The van der Waals surface area contributed by atoms with E-state index in [9.17, 15) is 0 Å². The summed E-state index contributed by atoms with van der Waals surface area (Å²) in [5.41, 5.74) is 7.02. The third-order valence-electron chi connectivity index (χ3n) is 1.87. The van der Waals surface area contributed by atoms with Crippen LogP contribution in [0.3, 0.4) is 0 Å². The van der Waals surface area contributed by atoms with Crippen molar-refractivity contribution < 1.29 is 0 Å². The van der Waals surface area contributed by atoms with E-state index in [-0.39, 0.29) is 23.7 Å². The monoisotopic (exact) mass is 213 g/mol. The van der Waals surface area contributed by atoms with Gasteiger partial charge in [0, 0.05) is 6.20 Å². The fourth-order valence-corrected chi connectivity index (χ4v) is 1.23. The van der Waals surface area contributed by atoms with Gasteiger partial charge in [-0.1, -0.05) is 26.8 Å². The van der Waals surface area contributed by atoms with Crippen molar-refractivity contribution in [3.05, 3.63) is 29.6 Å². The number of rotatable bonds is 1. The van der Waals surface area contributed by atoms with E-state index < -0.39 is 0 Å². The molecule has 14 heavy (non-hydrogen) atoms. The van der Waals surface area contributed by atoms with E-state index in [1.165, 1.54) is 0 Å². The third kappa shape index (κ3) is 2.70. The fourth-order valence-electron chi connectivity index (χ4n) is 1.23. The van der Waals surface area contributed by atoms with Gasteiger partial charge in [-0.2, -0.15) is 0 Å². The fraction of sp³-hybridized carbons (Fsp3) is 0.400. The summed E-state index contributed by atoms with van der Waals surface area (Å²) < 4.78 is 0. The first-order chi connectivity index (χ1) is 5.93. The van der Waals surface area contributed by atoms with Crippen LogP contribution >= 0.6 is 12.4 Å². The number of hydrogen-bond acceptors (Lipinski definition) is 2. The highest BCUT2D eigenvalue weighted by atomic mass is 35.5. The third-order valence-corrected chi connectivity index (χ3v) is 1.87. The van der Waals surface area contributed by atoms with Crippen molar-refractivity contribution in [3.63, 3.8) is 0 Å². The first-order valence-electron chi connectivity index (χ1n) is 4.23. The molecule has 0 fully saturated rings. The van der Waals surface area contributed by atoms with Crippen molar-refractivity contribution in [3.8, 4) is 0 Å². The molecule has 0 saturated carbocycles. The minimum atomic E-state index is -0.0186. The molecule has 0 atom stereocenters. The van der Waals surface area contributed by atoms with Gasteiger partial charge in [0.15, 0.2) is 0 Å². The molecule has 1 rings (SSSR count). The second kappa shape index (κ2) is 4.42. The maximum Gasteiger partial charge on any atom is 0.142 e. The van der Waals surface area contributed by atoms with E-state index >= 15 is 0 Å². The Bertz CT molecular complexity index is 328. The van der Waals surface area contributed by atoms with Crippen molar-refractivity contribution in [1.82, 2.24) is 4.98 Å². The van der Waals surface area contributed by atoms with Gasteiger partial charge in [-0.15, -0.1) is 12.4 Å². The molecule has 0 aromatic carbocycles. The van der Waals surface area contributed by atoms with Gasteiger partial charge in [0.1, 0.15) is 11.5 Å². The van der Waals surface area contributed by atoms with Crippen molar-refractivity contribution in [1.29, 1.82) is 5.41 Å². The van der Waals surface area contributed by atoms with Crippen LogP contribution in [0, 0.1) is 5.41 Å². The zero-order valence-electron chi connectivity index (χ0n) is 8.66. The summed E-state index contributed by atoms with van der Waals surface area (Å²) in [4.78, 5) is 4.10. The zero-order chi connectivity index (χ0) is 10.1. The molecule has 78 valence electrons. The topological polar surface area (TPSA) is 62.8 Å². The van der Waals surface area contributed by atoms with Crippen LogP contribution in [-0.2, 0) is 5.41 Å². The molecule has 0 unspecified atom stereocenters. The SMILES string of the molecule is CC(C)(C)c1cccnc1C(=N)N.Cl. The average Bonchev–Trinajstić information content (AvgIpc) is 2.03. The quantitative estimate of drug-likeness (QED) is 0.554. The number of amidine groups is 1. The van der Waals surface area contributed by atoms with Crippen LogP contribution in [-0.4, -0.2) is 10.8 Å². The van der Waals surface area contributed by atoms with Crippen LogP contribution in [0.1, 0.15) is 32.0 Å². The minimum Gasteiger partial charge on any atom is -0.382 e. The van der Waals surface area contributed by atoms with Gasteiger partial charge < -0.3 is 5.73 Å². The molecule has 1 aromatic rings. The molecule has 0 radical (unpaired) electrons. The Kier molecular flexibility index (Phi) is 4.08. The Hall–Kier alpha value is -1.09. The maximum absolute atomic E-state index is 7.37. The summed E-state index contributed by atoms with van der Waals surface area (Å²) in [5.74, 6) is 0.0329. The number of aromatic nitrogens is 1. The summed E-state index contributed by atoms with van der Waals surface area (Å²) in [5, 5.41) is 7.37. The van der Waals surface area contributed by atoms with E-state index in [1.807, 2.05) is 12.1 Å². The van der Waals surface area contributed by atoms with Crippen LogP contribution in [0.25, 0.3) is 0 Å². The Morgan fingerprint density at radius 2 is 2.00 bits per heavy atom. The highest BCUT2D eigenvalue weighted by molar-refractivity contribution is 5.94. The number of nitrogens with one attached hydrogen (secondary N) is 1. The highest BCUT2D eigenvalue weighted by Crippen LogP contribution is 2.23. The van der Waals surface area contributed by atoms with Gasteiger partial charge in [0.2, 0.25) is 0 Å². The number of hydrogen-bond donors (Lipinski definition) is 2. The Balaban J connectivity index is 0.00000169. The number of nitrogens with two attached hydrogens (primary N) is 1. The van der Waals surface area contributed by atoms with Crippen molar-refractivity contribution >= 4 is 18.2 Å². The smallest absolute Gasteiger partial charge is 0.142 e. The summed E-state index contributed by atoms with van der Waals surface area (Å²) >= 11 is 0. The molecule has 0 aliphatic carbocycles. The first kappa shape index (κ1) is 12.9. The highest BCUT2D eigenvalue weighted by Gasteiger charge is 2.19. The van der Waals surface area contributed by atoms with Gasteiger partial charge >= 0.3 is 0 Å². The van der Waals surface area contributed by atoms with E-state index in [4.69, 9.17) is 11.1 Å². The zero-order valence-corrected chi connectivity index (χ0v) is 9.48. The average molecular weight is 214 g/mol. The lowest BCUT2D eigenvalue weighted by Gasteiger charge is -2.21. The predicted molar refractivity (Wildman–Crippen MR) is 61.2 cm³/mol. The molecule has 0 spiro atoms. The molecule has 1 aromatic heterocycles. The van der Waals surface area contributed by atoms with E-state index in [0.29, 0.717) is 5.69 Å². The summed E-state index contributed by atoms with van der Waals surface area (Å²) in [6, 6.07) is 3.83. The van der Waals surface area contributed by atoms with E-state index in [2.05, 4.69) is 25.8 Å². The molecular weight excluding hydrogens is 198 g/mol. The molecular formula is C10H16ClN3. The van der Waals surface area contributed by atoms with Crippen molar-refractivity contribution in [2.24, 2.45) is 5.73 Å². The Morgan fingerprint density at radius 1 is 1.43 bits per heavy atom. The summed E-state index contributed by atoms with van der Waals surface area (Å²) in [7, 11) is 0. The molecule has 0 amide bonds. The number of pyridine rings is 1. The minimum absolute atomic E-state index is 0. The second-order valence-corrected chi connectivity index (χ2v) is 4.06. The maximum atomic E-state index is 7.37. The Morgan fingerprint density at radius 3 is 2.36 bits per heavy atom. The largest absolute Gasteiger partial charge is 0.382 e. The van der Waals surface area contributed by atoms with Crippen molar-refractivity contribution in [2.45, 2.75) is 26.2 Å². The van der Waals surface area contributed by atoms with Crippen LogP contribution < -0.4 is 5.73 Å². The summed E-state index contributed by atoms with van der Waals surface area (Å²) in [6.45, 7) is 6.24. The van der Waals surface area contributed by atoms with Crippen molar-refractivity contribution in [2.75, 3.05) is 0 Å². The predicted octanol–water partition coefficient (Wildman–Crippen LogP) is 2.08. The number of nitrogen functional groups attached to an aromatic ring is 1. The first-order valence-corrected chi connectivity index (χ1v) is 4.23. The molecule has 0 aliphatic heterocycles. The molecule has 3 N–H and O–H groups in total. The Labute approximate surface area is 90.7 Å². The lowest BCUT2D eigenvalue weighted by Crippen LogP contribution is -2.22. The lowest BCUT2D eigenvalue weighted by molar-refractivity contribution is 0.586. The van der Waals surface area contributed by atoms with Gasteiger partial charge in [-0.05, 0) is 17.0 Å². The molecule has 1 heterocycles. The van der Waals surface area contributed by atoms with Crippen LogP contribution in [0.5, 0.6) is 0 Å². The van der Waals surface area contributed by atoms with E-state index in [1.54, 1.807) is 6.20 Å². The van der Waals surface area contributed by atoms with Gasteiger partial charge in [-0.25, -0.2) is 0 Å². The van der Waals surface area contributed by atoms with Gasteiger partial charge in [0.25, 0.3) is 0 Å². The van der Waals surface area contributed by atoms with Gasteiger partial charge in [0.05, 0.1) is 0 Å². The van der Waals surface area contributed by atoms with Crippen LogP contribution in [0.4, 0.5) is 0 Å². The molecule has 0 aliphatic rings. The molecule has 0 bridgehead atoms. The molecule has 4 heteroatoms.